The predicted octanol–water partition coefficient (Wildman–Crippen LogP) is 2.27. The average Bonchev–Trinajstić information content (AvgIpc) is 2.97. The minimum absolute atomic E-state index is 0.0417. The lowest BCUT2D eigenvalue weighted by molar-refractivity contribution is 0.720. The zero-order valence-electron chi connectivity index (χ0n) is 10.9. The quantitative estimate of drug-likeness (QED) is 0.573. The van der Waals surface area contributed by atoms with Crippen LogP contribution < -0.4 is 5.73 Å². The standard InChI is InChI=1S/C14H11ClN6/c15-11-8-10(13(16)17)6-7-12(11)21-19-14(18-20-21)9-4-2-1-3-5-9/h1-8H,(H3,16,17). The lowest BCUT2D eigenvalue weighted by Crippen LogP contribution is -2.11. The van der Waals surface area contributed by atoms with Gasteiger partial charge in [0.2, 0.25) is 5.82 Å². The van der Waals surface area contributed by atoms with Gasteiger partial charge >= 0.3 is 0 Å². The van der Waals surface area contributed by atoms with E-state index in [-0.39, 0.29) is 5.84 Å². The summed E-state index contributed by atoms with van der Waals surface area (Å²) in [7, 11) is 0. The summed E-state index contributed by atoms with van der Waals surface area (Å²) < 4.78 is 0. The van der Waals surface area contributed by atoms with Gasteiger partial charge in [-0.15, -0.1) is 15.0 Å². The van der Waals surface area contributed by atoms with Crippen molar-refractivity contribution in [2.45, 2.75) is 0 Å². The van der Waals surface area contributed by atoms with E-state index in [4.69, 9.17) is 22.7 Å². The van der Waals surface area contributed by atoms with E-state index >= 15 is 0 Å². The van der Waals surface area contributed by atoms with Crippen LogP contribution in [0.25, 0.3) is 17.1 Å². The molecule has 0 amide bonds. The molecule has 6 nitrogen and oxygen atoms in total. The minimum Gasteiger partial charge on any atom is -0.384 e. The zero-order chi connectivity index (χ0) is 14.8. The summed E-state index contributed by atoms with van der Waals surface area (Å²) in [6.45, 7) is 0. The second kappa shape index (κ2) is 5.34. The van der Waals surface area contributed by atoms with Crippen molar-refractivity contribution in [2.75, 3.05) is 0 Å². The first kappa shape index (κ1) is 13.3. The van der Waals surface area contributed by atoms with Gasteiger partial charge in [-0.2, -0.15) is 0 Å². The van der Waals surface area contributed by atoms with E-state index in [1.54, 1.807) is 18.2 Å². The predicted molar refractivity (Wildman–Crippen MR) is 80.6 cm³/mol. The van der Waals surface area contributed by atoms with Crippen LogP contribution in [0.5, 0.6) is 0 Å². The van der Waals surface area contributed by atoms with Crippen molar-refractivity contribution in [3.63, 3.8) is 0 Å². The van der Waals surface area contributed by atoms with Gasteiger partial charge in [-0.25, -0.2) is 0 Å². The Hall–Kier alpha value is -2.73. The van der Waals surface area contributed by atoms with Crippen molar-refractivity contribution in [3.05, 3.63) is 59.1 Å². The van der Waals surface area contributed by atoms with Crippen LogP contribution in [0.3, 0.4) is 0 Å². The maximum absolute atomic E-state index is 7.39. The highest BCUT2D eigenvalue weighted by atomic mass is 35.5. The van der Waals surface area contributed by atoms with Crippen molar-refractivity contribution in [3.8, 4) is 17.1 Å². The van der Waals surface area contributed by atoms with Gasteiger partial charge in [0.1, 0.15) is 11.5 Å². The first-order valence-electron chi connectivity index (χ1n) is 6.15. The largest absolute Gasteiger partial charge is 0.384 e. The molecule has 0 fully saturated rings. The van der Waals surface area contributed by atoms with Gasteiger partial charge in [-0.3, -0.25) is 5.41 Å². The van der Waals surface area contributed by atoms with Gasteiger partial charge in [0.25, 0.3) is 0 Å². The molecule has 0 aliphatic carbocycles. The summed E-state index contributed by atoms with van der Waals surface area (Å²) in [5.74, 6) is 0.474. The van der Waals surface area contributed by atoms with Gasteiger partial charge in [0, 0.05) is 11.1 Å². The Morgan fingerprint density at radius 3 is 2.57 bits per heavy atom. The molecular weight excluding hydrogens is 288 g/mol. The lowest BCUT2D eigenvalue weighted by atomic mass is 10.2. The van der Waals surface area contributed by atoms with Crippen LogP contribution in [0.1, 0.15) is 5.56 Å². The molecule has 2 aromatic carbocycles. The summed E-state index contributed by atoms with van der Waals surface area (Å²) in [6.07, 6.45) is 0. The third kappa shape index (κ3) is 2.61. The molecule has 1 heterocycles. The first-order chi connectivity index (χ1) is 10.1. The Morgan fingerprint density at radius 1 is 1.14 bits per heavy atom. The van der Waals surface area contributed by atoms with Crippen molar-refractivity contribution in [1.82, 2.24) is 20.2 Å². The number of nitrogens with two attached hydrogens (primary N) is 1. The van der Waals surface area contributed by atoms with Crippen LogP contribution >= 0.6 is 11.6 Å². The SMILES string of the molecule is N=C(N)c1ccc(-n2nnc(-c3ccccc3)n2)c(Cl)c1. The fourth-order valence-corrected chi connectivity index (χ4v) is 2.11. The number of halogens is 1. The lowest BCUT2D eigenvalue weighted by Gasteiger charge is -2.04. The molecule has 0 bridgehead atoms. The summed E-state index contributed by atoms with van der Waals surface area (Å²) in [5.41, 5.74) is 7.43. The minimum atomic E-state index is -0.0417. The second-order valence-corrected chi connectivity index (χ2v) is 4.76. The van der Waals surface area contributed by atoms with Crippen molar-refractivity contribution in [1.29, 1.82) is 5.41 Å². The Balaban J connectivity index is 1.99. The van der Waals surface area contributed by atoms with Gasteiger partial charge < -0.3 is 5.73 Å². The van der Waals surface area contributed by atoms with E-state index in [1.165, 1.54) is 4.80 Å². The van der Waals surface area contributed by atoms with Crippen LogP contribution in [0.15, 0.2) is 48.5 Å². The summed E-state index contributed by atoms with van der Waals surface area (Å²) in [4.78, 5) is 1.36. The topological polar surface area (TPSA) is 93.5 Å². The first-order valence-corrected chi connectivity index (χ1v) is 6.53. The fraction of sp³-hybridized carbons (Fsp3) is 0. The molecule has 0 aliphatic rings. The number of aromatic nitrogens is 4. The molecule has 1 aromatic heterocycles. The molecule has 0 saturated heterocycles. The normalized spacial score (nSPS) is 10.5. The Labute approximate surface area is 125 Å². The van der Waals surface area contributed by atoms with Crippen LogP contribution in [0.2, 0.25) is 5.02 Å². The molecule has 0 unspecified atom stereocenters. The molecule has 7 heteroatoms. The van der Waals surface area contributed by atoms with E-state index in [0.717, 1.165) is 5.56 Å². The molecule has 3 N–H and O–H groups in total. The van der Waals surface area contributed by atoms with Crippen LogP contribution in [0.4, 0.5) is 0 Å². The van der Waals surface area contributed by atoms with E-state index in [0.29, 0.717) is 22.1 Å². The molecule has 3 rings (SSSR count). The highest BCUT2D eigenvalue weighted by Crippen LogP contribution is 2.21. The molecule has 104 valence electrons. The molecule has 3 aromatic rings. The zero-order valence-corrected chi connectivity index (χ0v) is 11.6. The smallest absolute Gasteiger partial charge is 0.205 e. The monoisotopic (exact) mass is 298 g/mol. The van der Waals surface area contributed by atoms with Crippen molar-refractivity contribution in [2.24, 2.45) is 5.73 Å². The highest BCUT2D eigenvalue weighted by molar-refractivity contribution is 6.32. The van der Waals surface area contributed by atoms with Gasteiger partial charge in [-0.05, 0) is 23.4 Å². The van der Waals surface area contributed by atoms with E-state index in [9.17, 15) is 0 Å². The highest BCUT2D eigenvalue weighted by Gasteiger charge is 2.10. The molecular formula is C14H11ClN6. The summed E-state index contributed by atoms with van der Waals surface area (Å²) >= 11 is 6.18. The summed E-state index contributed by atoms with van der Waals surface area (Å²) in [6, 6.07) is 14.5. The average molecular weight is 299 g/mol. The van der Waals surface area contributed by atoms with Gasteiger partial charge in [0.05, 0.1) is 5.02 Å². The fourth-order valence-electron chi connectivity index (χ4n) is 1.86. The summed E-state index contributed by atoms with van der Waals surface area (Å²) in [5, 5.41) is 20.1. The Kier molecular flexibility index (Phi) is 3.37. The third-order valence-corrected chi connectivity index (χ3v) is 3.22. The molecule has 0 spiro atoms. The molecule has 0 radical (unpaired) electrons. The number of rotatable bonds is 3. The number of amidine groups is 1. The number of hydrogen-bond donors (Lipinski definition) is 2. The number of hydrogen-bond acceptors (Lipinski definition) is 4. The second-order valence-electron chi connectivity index (χ2n) is 4.35. The molecule has 0 saturated carbocycles. The van der Waals surface area contributed by atoms with Crippen LogP contribution in [-0.4, -0.2) is 26.0 Å². The number of tetrazole rings is 1. The third-order valence-electron chi connectivity index (χ3n) is 2.92. The van der Waals surface area contributed by atoms with Crippen molar-refractivity contribution < 1.29 is 0 Å². The Bertz CT molecular complexity index is 796. The van der Waals surface area contributed by atoms with Gasteiger partial charge in [0.15, 0.2) is 0 Å². The van der Waals surface area contributed by atoms with E-state index in [2.05, 4.69) is 15.4 Å². The molecule has 0 aliphatic heterocycles. The number of nitrogens with one attached hydrogen (secondary N) is 1. The molecule has 21 heavy (non-hydrogen) atoms. The van der Waals surface area contributed by atoms with E-state index < -0.39 is 0 Å². The number of benzene rings is 2. The maximum atomic E-state index is 7.39. The van der Waals surface area contributed by atoms with Gasteiger partial charge in [-0.1, -0.05) is 41.9 Å². The molecule has 0 atom stereocenters. The maximum Gasteiger partial charge on any atom is 0.205 e. The Morgan fingerprint density at radius 2 is 1.90 bits per heavy atom. The van der Waals surface area contributed by atoms with Crippen molar-refractivity contribution >= 4 is 17.4 Å². The van der Waals surface area contributed by atoms with Crippen LogP contribution in [-0.2, 0) is 0 Å². The van der Waals surface area contributed by atoms with Crippen LogP contribution in [0, 0.1) is 5.41 Å². The van der Waals surface area contributed by atoms with E-state index in [1.807, 2.05) is 30.3 Å². The number of nitrogen functional groups attached to an aromatic ring is 1. The number of nitrogens with zero attached hydrogens (tertiary/aromatic N) is 4.